The molecule has 0 aliphatic heterocycles. The van der Waals surface area contributed by atoms with Gasteiger partial charge in [-0.3, -0.25) is 18.8 Å². The molecule has 3 aromatic heterocycles. The van der Waals surface area contributed by atoms with E-state index in [0.717, 1.165) is 10.7 Å². The number of nitrogens with zero attached hydrogens (tertiary/aromatic N) is 3. The number of carbonyl (C=O) groups is 2. The molecule has 0 saturated carbocycles. The van der Waals surface area contributed by atoms with Crippen LogP contribution in [-0.4, -0.2) is 51.2 Å². The number of aryl methyl sites for hydroxylation is 2. The van der Waals surface area contributed by atoms with E-state index >= 15 is 0 Å². The molecule has 9 heteroatoms. The van der Waals surface area contributed by atoms with Gasteiger partial charge in [0, 0.05) is 44.3 Å². The van der Waals surface area contributed by atoms with Crippen molar-refractivity contribution < 1.29 is 9.59 Å². The molecule has 2 N–H and O–H groups in total. The Hall–Kier alpha value is -2.94. The Morgan fingerprint density at radius 2 is 2.12 bits per heavy atom. The number of fused-ring (bicyclic) bond motifs is 1. The number of hydrogen-bond donors (Lipinski definition) is 2. The fourth-order valence-electron chi connectivity index (χ4n) is 2.47. The zero-order valence-electron chi connectivity index (χ0n) is 14.7. The van der Waals surface area contributed by atoms with Gasteiger partial charge in [-0.15, -0.1) is 0 Å². The second-order valence-electron chi connectivity index (χ2n) is 6.05. The molecule has 2 amide bonds. The third-order valence-electron chi connectivity index (χ3n) is 3.92. The first kappa shape index (κ1) is 17.9. The van der Waals surface area contributed by atoms with Crippen LogP contribution < -0.4 is 10.9 Å². The summed E-state index contributed by atoms with van der Waals surface area (Å²) in [5.74, 6) is -0.414. The number of carbonyl (C=O) groups excluding carboxylic acids is 2. The van der Waals surface area contributed by atoms with Crippen molar-refractivity contribution in [1.29, 1.82) is 0 Å². The summed E-state index contributed by atoms with van der Waals surface area (Å²) in [6, 6.07) is 1.53. The van der Waals surface area contributed by atoms with E-state index in [0.29, 0.717) is 29.1 Å². The standard InChI is InChI=1S/C17H19N5O3S/c1-10-6-12(7-19-14(10)23)15(24)18-4-5-21(3)16(25)13-9-22-8-11(2)20-17(22)26-13/h6-9H,4-5H2,1-3H3,(H,18,24)(H,19,23). The van der Waals surface area contributed by atoms with E-state index in [4.69, 9.17) is 0 Å². The van der Waals surface area contributed by atoms with Crippen molar-refractivity contribution in [2.24, 2.45) is 0 Å². The van der Waals surface area contributed by atoms with Crippen LogP contribution in [0.15, 0.2) is 29.5 Å². The van der Waals surface area contributed by atoms with Crippen molar-refractivity contribution in [2.75, 3.05) is 20.1 Å². The molecule has 0 saturated heterocycles. The Morgan fingerprint density at radius 3 is 2.81 bits per heavy atom. The normalized spacial score (nSPS) is 10.9. The molecule has 0 aromatic carbocycles. The average molecular weight is 373 g/mol. The third kappa shape index (κ3) is 3.67. The molecule has 8 nitrogen and oxygen atoms in total. The maximum absolute atomic E-state index is 12.5. The lowest BCUT2D eigenvalue weighted by atomic mass is 10.2. The van der Waals surface area contributed by atoms with E-state index in [1.165, 1.54) is 23.6 Å². The van der Waals surface area contributed by atoms with Gasteiger partial charge in [-0.25, -0.2) is 4.98 Å². The van der Waals surface area contributed by atoms with E-state index < -0.39 is 0 Å². The molecule has 0 radical (unpaired) electrons. The Labute approximate surface area is 153 Å². The van der Waals surface area contributed by atoms with Gasteiger partial charge in [0.15, 0.2) is 4.96 Å². The van der Waals surface area contributed by atoms with Crippen molar-refractivity contribution in [3.05, 3.63) is 56.7 Å². The first-order chi connectivity index (χ1) is 12.3. The van der Waals surface area contributed by atoms with Crippen molar-refractivity contribution >= 4 is 28.1 Å². The van der Waals surface area contributed by atoms with Crippen molar-refractivity contribution in [3.8, 4) is 0 Å². The number of pyridine rings is 1. The van der Waals surface area contributed by atoms with E-state index in [1.807, 2.05) is 17.5 Å². The minimum Gasteiger partial charge on any atom is -0.350 e. The fraction of sp³-hybridized carbons (Fsp3) is 0.294. The van der Waals surface area contributed by atoms with Crippen LogP contribution in [0.2, 0.25) is 0 Å². The molecular formula is C17H19N5O3S. The Balaban J connectivity index is 1.55. The molecule has 3 aromatic rings. The number of nitrogens with one attached hydrogen (secondary N) is 2. The minimum atomic E-state index is -0.296. The van der Waals surface area contributed by atoms with Gasteiger partial charge < -0.3 is 15.2 Å². The molecule has 0 unspecified atom stereocenters. The maximum atomic E-state index is 12.5. The number of rotatable bonds is 5. The Morgan fingerprint density at radius 1 is 1.35 bits per heavy atom. The van der Waals surface area contributed by atoms with Crippen LogP contribution in [0.25, 0.3) is 4.96 Å². The van der Waals surface area contributed by atoms with Crippen molar-refractivity contribution in [2.45, 2.75) is 13.8 Å². The van der Waals surface area contributed by atoms with Crippen LogP contribution in [0.3, 0.4) is 0 Å². The van der Waals surface area contributed by atoms with Gasteiger partial charge in [0.25, 0.3) is 17.4 Å². The summed E-state index contributed by atoms with van der Waals surface area (Å²) in [5, 5.41) is 2.74. The number of aromatic amines is 1. The number of likely N-dealkylation sites (N-methyl/N-ethyl adjacent to an activating group) is 1. The van der Waals surface area contributed by atoms with Gasteiger partial charge in [0.2, 0.25) is 0 Å². The number of amides is 2. The van der Waals surface area contributed by atoms with Gasteiger partial charge >= 0.3 is 0 Å². The second kappa shape index (κ2) is 7.12. The summed E-state index contributed by atoms with van der Waals surface area (Å²) < 4.78 is 1.83. The molecule has 0 bridgehead atoms. The zero-order valence-corrected chi connectivity index (χ0v) is 15.5. The molecule has 3 rings (SSSR count). The van der Waals surface area contributed by atoms with E-state index in [2.05, 4.69) is 15.3 Å². The molecule has 26 heavy (non-hydrogen) atoms. The summed E-state index contributed by atoms with van der Waals surface area (Å²) in [4.78, 5) is 45.7. The highest BCUT2D eigenvalue weighted by molar-refractivity contribution is 7.18. The predicted molar refractivity (Wildman–Crippen MR) is 98.9 cm³/mol. The first-order valence-corrected chi connectivity index (χ1v) is 8.85. The zero-order chi connectivity index (χ0) is 18.8. The SMILES string of the molecule is Cc1cn2cc(C(=O)N(C)CCNC(=O)c3c[nH]c(=O)c(C)c3)sc2n1. The molecule has 0 aliphatic carbocycles. The van der Waals surface area contributed by atoms with Crippen molar-refractivity contribution in [3.63, 3.8) is 0 Å². The summed E-state index contributed by atoms with van der Waals surface area (Å²) >= 11 is 1.33. The lowest BCUT2D eigenvalue weighted by Gasteiger charge is -2.16. The molecule has 3 heterocycles. The molecule has 0 atom stereocenters. The van der Waals surface area contributed by atoms with Crippen molar-refractivity contribution in [1.82, 2.24) is 24.6 Å². The number of thiazole rings is 1. The maximum Gasteiger partial charge on any atom is 0.265 e. The lowest BCUT2D eigenvalue weighted by molar-refractivity contribution is 0.0791. The van der Waals surface area contributed by atoms with Crippen LogP contribution in [-0.2, 0) is 0 Å². The van der Waals surface area contributed by atoms with Gasteiger partial charge in [0.05, 0.1) is 11.3 Å². The first-order valence-electron chi connectivity index (χ1n) is 8.03. The van der Waals surface area contributed by atoms with E-state index in [-0.39, 0.29) is 17.4 Å². The topological polar surface area (TPSA) is 99.6 Å². The summed E-state index contributed by atoms with van der Waals surface area (Å²) in [6.07, 6.45) is 5.01. The molecule has 0 spiro atoms. The second-order valence-corrected chi connectivity index (χ2v) is 7.06. The Bertz CT molecular complexity index is 1000. The highest BCUT2D eigenvalue weighted by Gasteiger charge is 2.16. The highest BCUT2D eigenvalue weighted by Crippen LogP contribution is 2.18. The molecule has 136 valence electrons. The molecule has 0 fully saturated rings. The van der Waals surface area contributed by atoms with Crippen LogP contribution >= 0.6 is 11.3 Å². The quantitative estimate of drug-likeness (QED) is 0.702. The molecule has 0 aliphatic rings. The molecular weight excluding hydrogens is 354 g/mol. The van der Waals surface area contributed by atoms with Gasteiger partial charge in [0.1, 0.15) is 4.88 Å². The van der Waals surface area contributed by atoms with E-state index in [9.17, 15) is 14.4 Å². The lowest BCUT2D eigenvalue weighted by Crippen LogP contribution is -2.36. The Kier molecular flexibility index (Phi) is 4.90. The number of H-pyrrole nitrogens is 1. The third-order valence-corrected chi connectivity index (χ3v) is 4.90. The summed E-state index contributed by atoms with van der Waals surface area (Å²) in [6.45, 7) is 4.22. The highest BCUT2D eigenvalue weighted by atomic mass is 32.1. The smallest absolute Gasteiger partial charge is 0.265 e. The monoisotopic (exact) mass is 373 g/mol. The fourth-order valence-corrected chi connectivity index (χ4v) is 3.48. The van der Waals surface area contributed by atoms with Crippen LogP contribution in [0.5, 0.6) is 0 Å². The number of imidazole rings is 1. The largest absolute Gasteiger partial charge is 0.350 e. The summed E-state index contributed by atoms with van der Waals surface area (Å²) in [7, 11) is 1.69. The van der Waals surface area contributed by atoms with Crippen LogP contribution in [0, 0.1) is 13.8 Å². The summed E-state index contributed by atoms with van der Waals surface area (Å²) in [5.41, 5.74) is 1.54. The van der Waals surface area contributed by atoms with Crippen LogP contribution in [0.4, 0.5) is 0 Å². The minimum absolute atomic E-state index is 0.118. The number of hydrogen-bond acceptors (Lipinski definition) is 5. The van der Waals surface area contributed by atoms with Crippen LogP contribution in [0.1, 0.15) is 31.3 Å². The van der Waals surface area contributed by atoms with Gasteiger partial charge in [-0.1, -0.05) is 11.3 Å². The van der Waals surface area contributed by atoms with E-state index in [1.54, 1.807) is 25.1 Å². The van der Waals surface area contributed by atoms with Gasteiger partial charge in [-0.05, 0) is 19.9 Å². The number of aromatic nitrogens is 3. The predicted octanol–water partition coefficient (Wildman–Crippen LogP) is 1.20. The van der Waals surface area contributed by atoms with Gasteiger partial charge in [-0.2, -0.15) is 0 Å². The average Bonchev–Trinajstić information content (AvgIpc) is 3.13.